The van der Waals surface area contributed by atoms with Crippen molar-refractivity contribution in [1.29, 1.82) is 0 Å². The fourth-order valence-corrected chi connectivity index (χ4v) is 3.74. The Morgan fingerprint density at radius 2 is 2.21 bits per heavy atom. The number of piperidine rings is 1. The first kappa shape index (κ1) is 16.8. The summed E-state index contributed by atoms with van der Waals surface area (Å²) in [5, 5.41) is 3.31. The molecule has 1 atom stereocenters. The number of rotatable bonds is 5. The Morgan fingerprint density at radius 3 is 2.83 bits per heavy atom. The molecule has 9 heteroatoms. The Morgan fingerprint density at radius 1 is 1.38 bits per heavy atom. The standard InChI is InChI=1S/C15H22N6O2S/c1-21(10-13-17-6-7-18-13)15-19-9-12(24(2,22)23)14(20-15)11-4-3-5-16-8-11/h6-7,9,11,16H,3-5,8,10H2,1-2H3,(H,17,18)/t11-/m1/s1. The smallest absolute Gasteiger partial charge is 0.225 e. The van der Waals surface area contributed by atoms with Gasteiger partial charge in [-0.2, -0.15) is 0 Å². The number of nitrogens with zero attached hydrogens (tertiary/aromatic N) is 4. The van der Waals surface area contributed by atoms with E-state index in [9.17, 15) is 8.42 Å². The second-order valence-electron chi connectivity index (χ2n) is 6.13. The summed E-state index contributed by atoms with van der Waals surface area (Å²) < 4.78 is 24.2. The minimum absolute atomic E-state index is 0.0854. The Bertz CT molecular complexity index is 784. The molecule has 2 aromatic rings. The van der Waals surface area contributed by atoms with Crippen molar-refractivity contribution >= 4 is 15.8 Å². The molecule has 130 valence electrons. The van der Waals surface area contributed by atoms with Crippen molar-refractivity contribution < 1.29 is 8.42 Å². The summed E-state index contributed by atoms with van der Waals surface area (Å²) in [4.78, 5) is 18.2. The molecule has 0 bridgehead atoms. The molecule has 1 aliphatic rings. The summed E-state index contributed by atoms with van der Waals surface area (Å²) >= 11 is 0. The normalized spacial score (nSPS) is 18.5. The van der Waals surface area contributed by atoms with E-state index in [1.54, 1.807) is 12.4 Å². The Labute approximate surface area is 141 Å². The lowest BCUT2D eigenvalue weighted by molar-refractivity contribution is 0.447. The molecule has 0 aromatic carbocycles. The Kier molecular flexibility index (Phi) is 4.81. The second-order valence-corrected chi connectivity index (χ2v) is 8.11. The number of H-pyrrole nitrogens is 1. The predicted molar refractivity (Wildman–Crippen MR) is 90.7 cm³/mol. The van der Waals surface area contributed by atoms with Crippen molar-refractivity contribution in [3.63, 3.8) is 0 Å². The number of nitrogens with one attached hydrogen (secondary N) is 2. The van der Waals surface area contributed by atoms with E-state index in [1.807, 2.05) is 11.9 Å². The molecule has 0 radical (unpaired) electrons. The third kappa shape index (κ3) is 3.73. The van der Waals surface area contributed by atoms with Crippen LogP contribution in [0.1, 0.15) is 30.3 Å². The molecule has 1 saturated heterocycles. The molecule has 24 heavy (non-hydrogen) atoms. The second kappa shape index (κ2) is 6.86. The van der Waals surface area contributed by atoms with Gasteiger partial charge in [-0.15, -0.1) is 0 Å². The van der Waals surface area contributed by atoms with Gasteiger partial charge in [-0.05, 0) is 19.4 Å². The van der Waals surface area contributed by atoms with Crippen molar-refractivity contribution in [2.24, 2.45) is 0 Å². The number of imidazole rings is 1. The molecule has 8 nitrogen and oxygen atoms in total. The topological polar surface area (TPSA) is 104 Å². The van der Waals surface area contributed by atoms with Crippen molar-refractivity contribution in [1.82, 2.24) is 25.3 Å². The van der Waals surface area contributed by atoms with Crippen LogP contribution in [0.25, 0.3) is 0 Å². The number of hydrogen-bond acceptors (Lipinski definition) is 7. The van der Waals surface area contributed by atoms with Crippen molar-refractivity contribution in [2.75, 3.05) is 31.3 Å². The van der Waals surface area contributed by atoms with Crippen LogP contribution >= 0.6 is 0 Å². The van der Waals surface area contributed by atoms with Gasteiger partial charge < -0.3 is 15.2 Å². The van der Waals surface area contributed by atoms with E-state index >= 15 is 0 Å². The van der Waals surface area contributed by atoms with Crippen LogP contribution in [0.4, 0.5) is 5.95 Å². The van der Waals surface area contributed by atoms with E-state index in [0.717, 1.165) is 31.8 Å². The van der Waals surface area contributed by atoms with Crippen LogP contribution in [-0.4, -0.2) is 54.7 Å². The average molecular weight is 350 g/mol. The monoisotopic (exact) mass is 350 g/mol. The van der Waals surface area contributed by atoms with Gasteiger partial charge in [-0.1, -0.05) is 0 Å². The number of aromatic nitrogens is 4. The van der Waals surface area contributed by atoms with Crippen LogP contribution in [0.2, 0.25) is 0 Å². The van der Waals surface area contributed by atoms with Crippen molar-refractivity contribution in [3.8, 4) is 0 Å². The van der Waals surface area contributed by atoms with Gasteiger partial charge in [0.2, 0.25) is 5.95 Å². The van der Waals surface area contributed by atoms with E-state index in [4.69, 9.17) is 0 Å². The zero-order chi connectivity index (χ0) is 17.2. The zero-order valence-corrected chi connectivity index (χ0v) is 14.7. The van der Waals surface area contributed by atoms with Gasteiger partial charge in [0.15, 0.2) is 9.84 Å². The molecule has 0 saturated carbocycles. The quantitative estimate of drug-likeness (QED) is 0.818. The van der Waals surface area contributed by atoms with Gasteiger partial charge in [0.25, 0.3) is 0 Å². The predicted octanol–water partition coefficient (Wildman–Crippen LogP) is 0.707. The molecule has 3 heterocycles. The summed E-state index contributed by atoms with van der Waals surface area (Å²) in [6.07, 6.45) is 8.02. The summed E-state index contributed by atoms with van der Waals surface area (Å²) in [5.41, 5.74) is 0.612. The number of hydrogen-bond donors (Lipinski definition) is 2. The highest BCUT2D eigenvalue weighted by molar-refractivity contribution is 7.90. The maximum absolute atomic E-state index is 12.1. The molecule has 0 spiro atoms. The van der Waals surface area contributed by atoms with Crippen LogP contribution in [0.15, 0.2) is 23.5 Å². The first-order valence-corrected chi connectivity index (χ1v) is 9.81. The van der Waals surface area contributed by atoms with Crippen LogP contribution < -0.4 is 10.2 Å². The lowest BCUT2D eigenvalue weighted by Gasteiger charge is -2.25. The Balaban J connectivity index is 1.94. The van der Waals surface area contributed by atoms with Gasteiger partial charge in [-0.3, -0.25) is 0 Å². The number of aromatic amines is 1. The molecule has 0 unspecified atom stereocenters. The number of sulfone groups is 1. The lowest BCUT2D eigenvalue weighted by Crippen LogP contribution is -2.30. The van der Waals surface area contributed by atoms with Gasteiger partial charge in [0, 0.05) is 38.2 Å². The summed E-state index contributed by atoms with van der Waals surface area (Å²) in [6, 6.07) is 0. The van der Waals surface area contributed by atoms with Gasteiger partial charge in [-0.25, -0.2) is 23.4 Å². The highest BCUT2D eigenvalue weighted by Crippen LogP contribution is 2.28. The molecule has 1 fully saturated rings. The highest BCUT2D eigenvalue weighted by atomic mass is 32.2. The molecule has 0 aliphatic carbocycles. The Hall–Kier alpha value is -2.00. The molecule has 2 N–H and O–H groups in total. The molecule has 1 aliphatic heterocycles. The van der Waals surface area contributed by atoms with E-state index in [1.165, 1.54) is 12.5 Å². The van der Waals surface area contributed by atoms with Crippen LogP contribution in [0.5, 0.6) is 0 Å². The maximum Gasteiger partial charge on any atom is 0.225 e. The third-order valence-corrected chi connectivity index (χ3v) is 5.25. The van der Waals surface area contributed by atoms with Gasteiger partial charge in [0.05, 0.1) is 18.4 Å². The fourth-order valence-electron chi connectivity index (χ4n) is 2.90. The minimum Gasteiger partial charge on any atom is -0.347 e. The highest BCUT2D eigenvalue weighted by Gasteiger charge is 2.26. The van der Waals surface area contributed by atoms with Crippen LogP contribution in [0, 0.1) is 0 Å². The molecule has 3 rings (SSSR count). The van der Waals surface area contributed by atoms with E-state index in [-0.39, 0.29) is 10.8 Å². The minimum atomic E-state index is -3.37. The van der Waals surface area contributed by atoms with Gasteiger partial charge >= 0.3 is 0 Å². The molecule has 2 aromatic heterocycles. The van der Waals surface area contributed by atoms with Crippen LogP contribution in [-0.2, 0) is 16.4 Å². The van der Waals surface area contributed by atoms with Crippen molar-refractivity contribution in [3.05, 3.63) is 30.1 Å². The van der Waals surface area contributed by atoms with E-state index in [2.05, 4.69) is 25.3 Å². The largest absolute Gasteiger partial charge is 0.347 e. The summed E-state index contributed by atoms with van der Waals surface area (Å²) in [6.45, 7) is 2.22. The first-order valence-electron chi connectivity index (χ1n) is 7.92. The van der Waals surface area contributed by atoms with E-state index in [0.29, 0.717) is 18.2 Å². The maximum atomic E-state index is 12.1. The third-order valence-electron chi connectivity index (χ3n) is 4.14. The molecule has 0 amide bonds. The molecular formula is C15H22N6O2S. The fraction of sp³-hybridized carbons (Fsp3) is 0.533. The van der Waals surface area contributed by atoms with Crippen molar-refractivity contribution in [2.45, 2.75) is 30.2 Å². The average Bonchev–Trinajstić information content (AvgIpc) is 3.07. The summed E-state index contributed by atoms with van der Waals surface area (Å²) in [7, 11) is -1.50. The summed E-state index contributed by atoms with van der Waals surface area (Å²) in [5.74, 6) is 1.38. The van der Waals surface area contributed by atoms with E-state index < -0.39 is 9.84 Å². The SMILES string of the molecule is CN(Cc1ncc[nH]1)c1ncc(S(C)(=O)=O)c([C@@H]2CCCNC2)n1. The van der Waals surface area contributed by atoms with Crippen LogP contribution in [0.3, 0.4) is 0 Å². The molecular weight excluding hydrogens is 328 g/mol. The number of anilines is 1. The first-order chi connectivity index (χ1) is 11.4. The zero-order valence-electron chi connectivity index (χ0n) is 13.9. The lowest BCUT2D eigenvalue weighted by atomic mass is 9.96. The van der Waals surface area contributed by atoms with Gasteiger partial charge in [0.1, 0.15) is 10.7 Å².